The topological polar surface area (TPSA) is 54.5 Å². The number of nitrogens with zero attached hydrogens (tertiary/aromatic N) is 2. The average Bonchev–Trinajstić information content (AvgIpc) is 3.82. The molecule has 2 atom stereocenters. The molecule has 0 radical (unpaired) electrons. The number of aliphatic imine (C=N–C) groups is 1. The molecule has 0 amide bonds. The van der Waals surface area contributed by atoms with Gasteiger partial charge in [-0.3, -0.25) is 5.32 Å². The number of fused-ring (bicyclic) bond motifs is 9. The molecule has 2 unspecified atom stereocenters. The van der Waals surface area contributed by atoms with Gasteiger partial charge in [0.1, 0.15) is 29.3 Å². The van der Waals surface area contributed by atoms with Crippen LogP contribution in [0.4, 0.5) is 0 Å². The molecule has 7 aromatic carbocycles. The highest BCUT2D eigenvalue weighted by atomic mass is 16.3. The number of furan rings is 1. The van der Waals surface area contributed by atoms with Crippen molar-refractivity contribution in [3.05, 3.63) is 186 Å². The molecular weight excluding hydrogens is 649 g/mol. The molecule has 254 valence electrons. The highest BCUT2D eigenvalue weighted by molar-refractivity contribution is 6.13. The fourth-order valence-electron chi connectivity index (χ4n) is 8.82. The molecule has 2 N–H and O–H groups in total. The van der Waals surface area contributed by atoms with Gasteiger partial charge in [-0.25, -0.2) is 4.99 Å². The van der Waals surface area contributed by atoms with Crippen molar-refractivity contribution in [2.45, 2.75) is 31.6 Å². The normalized spacial score (nSPS) is 17.6. The summed E-state index contributed by atoms with van der Waals surface area (Å²) in [5.74, 6) is 0.831. The Bertz CT molecular complexity index is 2930. The molecule has 9 aromatic rings. The Morgan fingerprint density at radius 3 is 2.17 bits per heavy atom. The molecule has 53 heavy (non-hydrogen) atoms. The molecule has 0 spiro atoms. The predicted molar refractivity (Wildman–Crippen MR) is 217 cm³/mol. The molecule has 5 nitrogen and oxygen atoms in total. The van der Waals surface area contributed by atoms with Crippen LogP contribution >= 0.6 is 0 Å². The fourth-order valence-corrected chi connectivity index (χ4v) is 8.82. The molecule has 2 aliphatic rings. The summed E-state index contributed by atoms with van der Waals surface area (Å²) in [5, 5.41) is 12.1. The van der Waals surface area contributed by atoms with E-state index in [2.05, 4.69) is 175 Å². The molecule has 1 aliphatic carbocycles. The van der Waals surface area contributed by atoms with Crippen molar-refractivity contribution in [1.29, 1.82) is 0 Å². The minimum Gasteiger partial charge on any atom is -0.456 e. The lowest BCUT2D eigenvalue weighted by Gasteiger charge is -2.32. The molecule has 11 rings (SSSR count). The predicted octanol–water partition coefficient (Wildman–Crippen LogP) is 11.3. The number of rotatable bonds is 4. The van der Waals surface area contributed by atoms with E-state index in [1.54, 1.807) is 0 Å². The van der Waals surface area contributed by atoms with Crippen molar-refractivity contribution in [2.24, 2.45) is 4.99 Å². The van der Waals surface area contributed by atoms with Gasteiger partial charge < -0.3 is 14.3 Å². The van der Waals surface area contributed by atoms with E-state index in [0.717, 1.165) is 50.2 Å². The Kier molecular flexibility index (Phi) is 6.43. The molecule has 2 aromatic heterocycles. The second kappa shape index (κ2) is 11.3. The molecule has 5 heteroatoms. The zero-order valence-corrected chi connectivity index (χ0v) is 29.5. The van der Waals surface area contributed by atoms with E-state index in [1.807, 2.05) is 12.1 Å². The van der Waals surface area contributed by atoms with Crippen LogP contribution in [0.1, 0.15) is 54.0 Å². The Balaban J connectivity index is 1.04. The Morgan fingerprint density at radius 2 is 1.32 bits per heavy atom. The lowest BCUT2D eigenvalue weighted by atomic mass is 9.82. The van der Waals surface area contributed by atoms with Gasteiger partial charge in [0.25, 0.3) is 0 Å². The quantitative estimate of drug-likeness (QED) is 0.194. The Morgan fingerprint density at radius 1 is 0.566 bits per heavy atom. The maximum absolute atomic E-state index is 6.57. The van der Waals surface area contributed by atoms with Crippen LogP contribution in [-0.4, -0.2) is 10.4 Å². The fraction of sp³-hybridized carbons (Fsp3) is 0.104. The summed E-state index contributed by atoms with van der Waals surface area (Å²) >= 11 is 0. The molecule has 0 saturated carbocycles. The first kappa shape index (κ1) is 30.2. The van der Waals surface area contributed by atoms with E-state index < -0.39 is 0 Å². The summed E-state index contributed by atoms with van der Waals surface area (Å²) in [4.78, 5) is 5.16. The first-order valence-corrected chi connectivity index (χ1v) is 18.4. The van der Waals surface area contributed by atoms with Gasteiger partial charge >= 0.3 is 0 Å². The van der Waals surface area contributed by atoms with Crippen molar-refractivity contribution in [3.63, 3.8) is 0 Å². The lowest BCUT2D eigenvalue weighted by molar-refractivity contribution is 0.409. The zero-order valence-electron chi connectivity index (χ0n) is 29.5. The van der Waals surface area contributed by atoms with Crippen molar-refractivity contribution < 1.29 is 4.42 Å². The second-order valence-electron chi connectivity index (χ2n) is 14.9. The van der Waals surface area contributed by atoms with E-state index in [1.165, 1.54) is 44.1 Å². The highest BCUT2D eigenvalue weighted by Crippen LogP contribution is 2.51. The van der Waals surface area contributed by atoms with Gasteiger partial charge in [0.2, 0.25) is 0 Å². The third kappa shape index (κ3) is 4.57. The van der Waals surface area contributed by atoms with E-state index in [9.17, 15) is 0 Å². The number of hydrogen-bond acceptors (Lipinski definition) is 4. The van der Waals surface area contributed by atoms with Crippen molar-refractivity contribution in [3.8, 4) is 16.8 Å². The Hall–Kier alpha value is -6.43. The minimum absolute atomic E-state index is 0.0586. The number of nitrogens with one attached hydrogen (secondary N) is 2. The first-order valence-electron chi connectivity index (χ1n) is 18.4. The zero-order chi connectivity index (χ0) is 35.3. The third-order valence-electron chi connectivity index (χ3n) is 11.5. The SMILES string of the molecule is CC1(C)c2ccccc2-c2cc3c(cc21)c1ccccc1n3-c1ccc2oc3cc(C4=NC(c5ccccc5)NC(c5ccccc5)N4)ccc3c2c1. The summed E-state index contributed by atoms with van der Waals surface area (Å²) in [5.41, 5.74) is 13.9. The van der Waals surface area contributed by atoms with E-state index in [-0.39, 0.29) is 17.7 Å². The average molecular weight is 685 g/mol. The molecule has 0 saturated heterocycles. The first-order chi connectivity index (χ1) is 26.0. The molecule has 0 bridgehead atoms. The van der Waals surface area contributed by atoms with Crippen LogP contribution < -0.4 is 10.6 Å². The van der Waals surface area contributed by atoms with Crippen LogP contribution in [0.2, 0.25) is 0 Å². The standard InChI is InChI=1S/C48H36N4O/c1-48(2)39-19-11-9-17-33(39)36-28-42-37(27-40(36)48)34-18-10-12-20-41(34)52(42)32-22-24-43-38(26-32)35-23-21-31(25-44(35)53-43)47-50-45(29-13-5-3-6-14-29)49-46(51-47)30-15-7-4-8-16-30/h3-28,45-46,49H,1-2H3,(H,50,51). The summed E-state index contributed by atoms with van der Waals surface area (Å²) < 4.78 is 8.99. The Labute approximate surface area is 307 Å². The van der Waals surface area contributed by atoms with Crippen molar-refractivity contribution >= 4 is 49.6 Å². The monoisotopic (exact) mass is 684 g/mol. The van der Waals surface area contributed by atoms with Gasteiger partial charge in [0.05, 0.1) is 11.0 Å². The van der Waals surface area contributed by atoms with Crippen LogP contribution in [0.5, 0.6) is 0 Å². The number of aromatic nitrogens is 1. The summed E-state index contributed by atoms with van der Waals surface area (Å²) in [6.45, 7) is 4.70. The van der Waals surface area contributed by atoms with E-state index >= 15 is 0 Å². The largest absolute Gasteiger partial charge is 0.456 e. The number of hydrogen-bond donors (Lipinski definition) is 2. The highest BCUT2D eigenvalue weighted by Gasteiger charge is 2.36. The van der Waals surface area contributed by atoms with Crippen LogP contribution in [-0.2, 0) is 5.41 Å². The van der Waals surface area contributed by atoms with Gasteiger partial charge in [0, 0.05) is 38.2 Å². The van der Waals surface area contributed by atoms with Gasteiger partial charge in [-0.1, -0.05) is 123 Å². The molecule has 3 heterocycles. The minimum atomic E-state index is -0.196. The van der Waals surface area contributed by atoms with Crippen molar-refractivity contribution in [2.75, 3.05) is 0 Å². The van der Waals surface area contributed by atoms with E-state index in [4.69, 9.17) is 9.41 Å². The van der Waals surface area contributed by atoms with Gasteiger partial charge in [-0.2, -0.15) is 0 Å². The van der Waals surface area contributed by atoms with Crippen LogP contribution in [0.3, 0.4) is 0 Å². The van der Waals surface area contributed by atoms with Crippen molar-refractivity contribution in [1.82, 2.24) is 15.2 Å². The smallest absolute Gasteiger partial charge is 0.136 e. The maximum Gasteiger partial charge on any atom is 0.136 e. The van der Waals surface area contributed by atoms with Crippen LogP contribution in [0.25, 0.3) is 60.6 Å². The third-order valence-corrected chi connectivity index (χ3v) is 11.5. The van der Waals surface area contributed by atoms with Crippen LogP contribution in [0.15, 0.2) is 167 Å². The van der Waals surface area contributed by atoms with Gasteiger partial charge in [-0.15, -0.1) is 0 Å². The lowest BCUT2D eigenvalue weighted by Crippen LogP contribution is -2.44. The van der Waals surface area contributed by atoms with Gasteiger partial charge in [-0.05, 0) is 81.9 Å². The number of amidine groups is 1. The number of para-hydroxylation sites is 1. The van der Waals surface area contributed by atoms with Gasteiger partial charge in [0.15, 0.2) is 0 Å². The molecular formula is C48H36N4O. The molecule has 0 fully saturated rings. The summed E-state index contributed by atoms with van der Waals surface area (Å²) in [6.07, 6.45) is -0.298. The second-order valence-corrected chi connectivity index (χ2v) is 14.9. The summed E-state index contributed by atoms with van der Waals surface area (Å²) in [7, 11) is 0. The molecule has 1 aliphatic heterocycles. The number of benzene rings is 7. The maximum atomic E-state index is 6.57. The summed E-state index contributed by atoms with van der Waals surface area (Å²) in [6, 6.07) is 56.4. The van der Waals surface area contributed by atoms with Crippen LogP contribution in [0, 0.1) is 0 Å². The van der Waals surface area contributed by atoms with E-state index in [0.29, 0.717) is 0 Å².